The van der Waals surface area contributed by atoms with E-state index in [2.05, 4.69) is 37.3 Å². The van der Waals surface area contributed by atoms with Crippen LogP contribution < -0.4 is 11.1 Å². The Morgan fingerprint density at radius 1 is 1.25 bits per heavy atom. The Labute approximate surface area is 175 Å². The number of hydrogen-bond acceptors (Lipinski definition) is 6. The first-order chi connectivity index (χ1) is 13.5. The quantitative estimate of drug-likeness (QED) is 0.431. The number of rotatable bonds is 5. The van der Waals surface area contributed by atoms with Crippen LogP contribution in [0, 0.1) is 11.3 Å². The third-order valence-electron chi connectivity index (χ3n) is 3.76. The summed E-state index contributed by atoms with van der Waals surface area (Å²) < 4.78 is 1.01. The molecule has 8 heteroatoms. The number of nitriles is 1. The van der Waals surface area contributed by atoms with Crippen LogP contribution in [0.2, 0.25) is 0 Å². The Morgan fingerprint density at radius 3 is 2.64 bits per heavy atom. The summed E-state index contributed by atoms with van der Waals surface area (Å²) in [6.07, 6.45) is 0. The van der Waals surface area contributed by atoms with Gasteiger partial charge in [0.05, 0.1) is 5.69 Å². The smallest absolute Gasteiger partial charge is 0.221 e. The molecule has 2 aromatic carbocycles. The fourth-order valence-electron chi connectivity index (χ4n) is 2.53. The monoisotopic (exact) mass is 453 g/mol. The van der Waals surface area contributed by atoms with E-state index < -0.39 is 0 Å². The van der Waals surface area contributed by atoms with Gasteiger partial charge in [-0.05, 0) is 29.8 Å². The largest absolute Gasteiger partial charge is 0.382 e. The van der Waals surface area contributed by atoms with E-state index in [9.17, 15) is 10.1 Å². The molecule has 0 aliphatic heterocycles. The van der Waals surface area contributed by atoms with Crippen molar-refractivity contribution in [1.29, 1.82) is 5.26 Å². The maximum Gasteiger partial charge on any atom is 0.221 e. The number of anilines is 2. The molecule has 3 aromatic rings. The standard InChI is InChI=1S/C20H16BrN5OS/c1-12(27)24-16-7-5-14(6-8-16)18-17(10-22)19(23)26-20(25-18)28-11-13-3-2-4-15(21)9-13/h2-9H,11H2,1H3,(H,24,27)(H2,23,25,26). The van der Waals surface area contributed by atoms with E-state index in [1.165, 1.54) is 18.7 Å². The number of carbonyl (C=O) groups excluding carboxylic acids is 1. The number of halogens is 1. The molecule has 0 unspecified atom stereocenters. The predicted molar refractivity (Wildman–Crippen MR) is 115 cm³/mol. The van der Waals surface area contributed by atoms with Gasteiger partial charge in [-0.2, -0.15) is 5.26 Å². The average molecular weight is 454 g/mol. The van der Waals surface area contributed by atoms with Crippen molar-refractivity contribution in [2.24, 2.45) is 0 Å². The summed E-state index contributed by atoms with van der Waals surface area (Å²) in [5, 5.41) is 12.7. The molecule has 0 saturated carbocycles. The van der Waals surface area contributed by atoms with Crippen molar-refractivity contribution >= 4 is 45.1 Å². The maximum atomic E-state index is 11.2. The number of hydrogen-bond donors (Lipinski definition) is 2. The summed E-state index contributed by atoms with van der Waals surface area (Å²) in [5.74, 6) is 0.671. The van der Waals surface area contributed by atoms with Crippen molar-refractivity contribution in [3.8, 4) is 17.3 Å². The summed E-state index contributed by atoms with van der Waals surface area (Å²) in [5.41, 5.74) is 9.23. The first-order valence-corrected chi connectivity index (χ1v) is 10.1. The van der Waals surface area contributed by atoms with Gasteiger partial charge in [0.2, 0.25) is 5.91 Å². The Kier molecular flexibility index (Phi) is 6.29. The van der Waals surface area contributed by atoms with E-state index in [0.29, 0.717) is 22.3 Å². The van der Waals surface area contributed by atoms with Crippen LogP contribution in [-0.4, -0.2) is 15.9 Å². The van der Waals surface area contributed by atoms with Crippen LogP contribution in [0.25, 0.3) is 11.3 Å². The van der Waals surface area contributed by atoms with Crippen LogP contribution in [0.3, 0.4) is 0 Å². The molecular weight excluding hydrogens is 438 g/mol. The Balaban J connectivity index is 1.90. The highest BCUT2D eigenvalue weighted by molar-refractivity contribution is 9.10. The number of nitrogens with zero attached hydrogens (tertiary/aromatic N) is 3. The van der Waals surface area contributed by atoms with Crippen LogP contribution in [0.4, 0.5) is 11.5 Å². The lowest BCUT2D eigenvalue weighted by atomic mass is 10.1. The first-order valence-electron chi connectivity index (χ1n) is 8.29. The lowest BCUT2D eigenvalue weighted by Crippen LogP contribution is -2.05. The number of aromatic nitrogens is 2. The Bertz CT molecular complexity index is 1060. The lowest BCUT2D eigenvalue weighted by molar-refractivity contribution is -0.114. The molecule has 3 N–H and O–H groups in total. The second-order valence-corrected chi connectivity index (χ2v) is 7.76. The fourth-order valence-corrected chi connectivity index (χ4v) is 3.77. The van der Waals surface area contributed by atoms with Gasteiger partial charge in [-0.25, -0.2) is 9.97 Å². The van der Waals surface area contributed by atoms with Crippen LogP contribution >= 0.6 is 27.7 Å². The second-order valence-electron chi connectivity index (χ2n) is 5.90. The molecule has 0 aliphatic rings. The maximum absolute atomic E-state index is 11.2. The second kappa shape index (κ2) is 8.87. The first kappa shape index (κ1) is 19.9. The van der Waals surface area contributed by atoms with E-state index in [1.54, 1.807) is 24.3 Å². The highest BCUT2D eigenvalue weighted by Crippen LogP contribution is 2.30. The Morgan fingerprint density at radius 2 is 2.00 bits per heavy atom. The lowest BCUT2D eigenvalue weighted by Gasteiger charge is -2.10. The van der Waals surface area contributed by atoms with Gasteiger partial charge in [0.25, 0.3) is 0 Å². The van der Waals surface area contributed by atoms with Gasteiger partial charge in [-0.3, -0.25) is 4.79 Å². The summed E-state index contributed by atoms with van der Waals surface area (Å²) in [4.78, 5) is 20.0. The summed E-state index contributed by atoms with van der Waals surface area (Å²) in [6.45, 7) is 1.45. The zero-order valence-corrected chi connectivity index (χ0v) is 17.3. The van der Waals surface area contributed by atoms with E-state index >= 15 is 0 Å². The van der Waals surface area contributed by atoms with Gasteiger partial charge in [-0.15, -0.1) is 0 Å². The molecule has 0 radical (unpaired) electrons. The van der Waals surface area contributed by atoms with E-state index in [4.69, 9.17) is 5.73 Å². The SMILES string of the molecule is CC(=O)Nc1ccc(-c2nc(SCc3cccc(Br)c3)nc(N)c2C#N)cc1. The summed E-state index contributed by atoms with van der Waals surface area (Å²) in [7, 11) is 0. The number of amides is 1. The van der Waals surface area contributed by atoms with Crippen LogP contribution in [0.15, 0.2) is 58.2 Å². The molecule has 3 rings (SSSR count). The van der Waals surface area contributed by atoms with Crippen molar-refractivity contribution in [2.75, 3.05) is 11.1 Å². The van der Waals surface area contributed by atoms with Crippen LogP contribution in [0.1, 0.15) is 18.1 Å². The molecule has 0 aliphatic carbocycles. The predicted octanol–water partition coefficient (Wildman–Crippen LogP) is 4.61. The van der Waals surface area contributed by atoms with Crippen molar-refractivity contribution in [1.82, 2.24) is 9.97 Å². The minimum atomic E-state index is -0.150. The van der Waals surface area contributed by atoms with Gasteiger partial charge in [0.15, 0.2) is 5.16 Å². The molecule has 6 nitrogen and oxygen atoms in total. The van der Waals surface area contributed by atoms with Gasteiger partial charge in [-0.1, -0.05) is 52.0 Å². The number of benzene rings is 2. The minimum Gasteiger partial charge on any atom is -0.382 e. The van der Waals surface area contributed by atoms with Gasteiger partial charge < -0.3 is 11.1 Å². The van der Waals surface area contributed by atoms with Crippen molar-refractivity contribution in [2.45, 2.75) is 17.8 Å². The van der Waals surface area contributed by atoms with E-state index in [-0.39, 0.29) is 17.3 Å². The molecule has 1 heterocycles. The molecular formula is C20H16BrN5OS. The third kappa shape index (κ3) is 4.88. The van der Waals surface area contributed by atoms with Gasteiger partial charge in [0, 0.05) is 28.4 Å². The van der Waals surface area contributed by atoms with Crippen LogP contribution in [0.5, 0.6) is 0 Å². The number of thioether (sulfide) groups is 1. The van der Waals surface area contributed by atoms with Crippen molar-refractivity contribution in [3.63, 3.8) is 0 Å². The summed E-state index contributed by atoms with van der Waals surface area (Å²) >= 11 is 4.91. The molecule has 28 heavy (non-hydrogen) atoms. The highest BCUT2D eigenvalue weighted by Gasteiger charge is 2.15. The Hall–Kier alpha value is -2.89. The number of nitrogen functional groups attached to an aromatic ring is 1. The molecule has 0 atom stereocenters. The highest BCUT2D eigenvalue weighted by atomic mass is 79.9. The molecule has 0 bridgehead atoms. The van der Waals surface area contributed by atoms with Gasteiger partial charge in [0.1, 0.15) is 17.5 Å². The summed E-state index contributed by atoms with van der Waals surface area (Å²) in [6, 6.07) is 17.2. The van der Waals surface area contributed by atoms with Crippen molar-refractivity contribution in [3.05, 3.63) is 64.1 Å². The normalized spacial score (nSPS) is 10.3. The zero-order valence-electron chi connectivity index (χ0n) is 14.9. The number of carbonyl (C=O) groups is 1. The van der Waals surface area contributed by atoms with Crippen LogP contribution in [-0.2, 0) is 10.5 Å². The number of nitrogens with two attached hydrogens (primary N) is 1. The van der Waals surface area contributed by atoms with E-state index in [1.807, 2.05) is 24.3 Å². The number of nitrogens with one attached hydrogen (secondary N) is 1. The zero-order chi connectivity index (χ0) is 20.1. The molecule has 0 saturated heterocycles. The molecule has 1 aromatic heterocycles. The topological polar surface area (TPSA) is 105 Å². The van der Waals surface area contributed by atoms with Crippen molar-refractivity contribution < 1.29 is 4.79 Å². The minimum absolute atomic E-state index is 0.148. The van der Waals surface area contributed by atoms with E-state index in [0.717, 1.165) is 15.6 Å². The average Bonchev–Trinajstić information content (AvgIpc) is 2.66. The molecule has 140 valence electrons. The third-order valence-corrected chi connectivity index (χ3v) is 5.18. The molecule has 1 amide bonds. The van der Waals surface area contributed by atoms with Gasteiger partial charge >= 0.3 is 0 Å². The fraction of sp³-hybridized carbons (Fsp3) is 0.100. The molecule has 0 fully saturated rings. The molecule has 0 spiro atoms.